The molecule has 0 aliphatic carbocycles. The van der Waals surface area contributed by atoms with E-state index in [2.05, 4.69) is 30.8 Å². The predicted octanol–water partition coefficient (Wildman–Crippen LogP) is 1.03. The third kappa shape index (κ3) is 2.27. The monoisotopic (exact) mass is 286 g/mol. The quantitative estimate of drug-likeness (QED) is 0.868. The van der Waals surface area contributed by atoms with E-state index in [1.807, 2.05) is 0 Å². The van der Waals surface area contributed by atoms with Crippen LogP contribution in [-0.2, 0) is 0 Å². The van der Waals surface area contributed by atoms with E-state index in [0.29, 0.717) is 11.7 Å². The van der Waals surface area contributed by atoms with E-state index in [1.54, 1.807) is 0 Å². The average molecular weight is 287 g/mol. The second kappa shape index (κ2) is 4.97. The molecular formula is C10H15BrN4O. The van der Waals surface area contributed by atoms with E-state index in [-0.39, 0.29) is 6.61 Å². The number of aliphatic hydroxyl groups excluding tert-OH is 1. The Kier molecular flexibility index (Phi) is 3.60. The molecule has 1 saturated heterocycles. The molecule has 5 nitrogen and oxygen atoms in total. The van der Waals surface area contributed by atoms with Gasteiger partial charge in [-0.1, -0.05) is 0 Å². The minimum atomic E-state index is 0.256. The van der Waals surface area contributed by atoms with Gasteiger partial charge in [-0.25, -0.2) is 9.97 Å². The normalized spacial score (nSPS) is 20.4. The third-order valence-electron chi connectivity index (χ3n) is 2.92. The molecule has 1 aromatic heterocycles. The first-order chi connectivity index (χ1) is 7.72. The van der Waals surface area contributed by atoms with Crippen LogP contribution in [0.5, 0.6) is 0 Å². The molecule has 1 aromatic rings. The van der Waals surface area contributed by atoms with Crippen LogP contribution in [0.4, 0.5) is 11.6 Å². The van der Waals surface area contributed by atoms with Crippen molar-refractivity contribution < 1.29 is 5.11 Å². The van der Waals surface area contributed by atoms with Crippen LogP contribution in [0.25, 0.3) is 0 Å². The molecule has 0 saturated carbocycles. The fourth-order valence-electron chi connectivity index (χ4n) is 2.04. The Bertz CT molecular complexity index is 374. The van der Waals surface area contributed by atoms with Gasteiger partial charge in [0, 0.05) is 19.7 Å². The molecule has 2 heterocycles. The summed E-state index contributed by atoms with van der Waals surface area (Å²) in [5.41, 5.74) is 5.72. The Morgan fingerprint density at radius 1 is 1.56 bits per heavy atom. The van der Waals surface area contributed by atoms with E-state index in [0.717, 1.165) is 36.2 Å². The van der Waals surface area contributed by atoms with E-state index in [1.165, 1.54) is 6.33 Å². The molecule has 1 atom stereocenters. The number of hydrogen-bond acceptors (Lipinski definition) is 5. The van der Waals surface area contributed by atoms with Crippen molar-refractivity contribution in [3.8, 4) is 0 Å². The first kappa shape index (κ1) is 11.6. The molecule has 2 rings (SSSR count). The third-order valence-corrected chi connectivity index (χ3v) is 3.68. The van der Waals surface area contributed by atoms with E-state index < -0.39 is 0 Å². The number of anilines is 2. The minimum Gasteiger partial charge on any atom is -0.396 e. The summed E-state index contributed by atoms with van der Waals surface area (Å²) >= 11 is 3.41. The molecule has 1 aliphatic rings. The molecule has 0 radical (unpaired) electrons. The van der Waals surface area contributed by atoms with Crippen LogP contribution >= 0.6 is 15.9 Å². The van der Waals surface area contributed by atoms with E-state index in [9.17, 15) is 0 Å². The van der Waals surface area contributed by atoms with Gasteiger partial charge in [0.25, 0.3) is 0 Å². The van der Waals surface area contributed by atoms with Gasteiger partial charge < -0.3 is 15.7 Å². The van der Waals surface area contributed by atoms with E-state index in [4.69, 9.17) is 10.8 Å². The van der Waals surface area contributed by atoms with Gasteiger partial charge in [0.1, 0.15) is 22.4 Å². The second-order valence-electron chi connectivity index (χ2n) is 4.01. The molecule has 1 aliphatic heterocycles. The lowest BCUT2D eigenvalue weighted by Gasteiger charge is -2.18. The molecular weight excluding hydrogens is 272 g/mol. The highest BCUT2D eigenvalue weighted by Gasteiger charge is 2.25. The van der Waals surface area contributed by atoms with Gasteiger partial charge in [-0.15, -0.1) is 0 Å². The zero-order valence-corrected chi connectivity index (χ0v) is 10.5. The summed E-state index contributed by atoms with van der Waals surface area (Å²) in [6.07, 6.45) is 3.43. The largest absolute Gasteiger partial charge is 0.396 e. The average Bonchev–Trinajstić information content (AvgIpc) is 2.71. The molecule has 0 spiro atoms. The number of nitrogens with zero attached hydrogens (tertiary/aromatic N) is 3. The van der Waals surface area contributed by atoms with Crippen molar-refractivity contribution in [1.82, 2.24) is 9.97 Å². The Balaban J connectivity index is 2.11. The van der Waals surface area contributed by atoms with Gasteiger partial charge in [0.05, 0.1) is 0 Å². The maximum atomic E-state index is 8.91. The van der Waals surface area contributed by atoms with Crippen molar-refractivity contribution >= 4 is 27.6 Å². The number of aliphatic hydroxyl groups is 1. The Labute approximate surface area is 103 Å². The van der Waals surface area contributed by atoms with Crippen LogP contribution in [0.2, 0.25) is 0 Å². The Hall–Kier alpha value is -0.880. The van der Waals surface area contributed by atoms with Crippen molar-refractivity contribution in [2.75, 3.05) is 30.3 Å². The van der Waals surface area contributed by atoms with Crippen LogP contribution in [0.1, 0.15) is 12.8 Å². The number of nitrogen functional groups attached to an aromatic ring is 1. The zero-order valence-electron chi connectivity index (χ0n) is 8.93. The molecule has 0 aromatic carbocycles. The summed E-state index contributed by atoms with van der Waals surface area (Å²) in [6.45, 7) is 2.14. The van der Waals surface area contributed by atoms with Gasteiger partial charge in [0.15, 0.2) is 0 Å². The number of halogens is 1. The van der Waals surface area contributed by atoms with Gasteiger partial charge in [-0.2, -0.15) is 0 Å². The highest BCUT2D eigenvalue weighted by molar-refractivity contribution is 9.10. The summed E-state index contributed by atoms with van der Waals surface area (Å²) in [5.74, 6) is 1.87. The molecule has 6 heteroatoms. The molecule has 16 heavy (non-hydrogen) atoms. The Morgan fingerprint density at radius 3 is 3.12 bits per heavy atom. The smallest absolute Gasteiger partial charge is 0.148 e. The number of nitrogens with two attached hydrogens (primary N) is 1. The highest BCUT2D eigenvalue weighted by atomic mass is 79.9. The standard InChI is InChI=1S/C10H15BrN4O/c11-8-9(12)13-6-14-10(8)15-3-1-7(5-15)2-4-16/h6-7,16H,1-5H2,(H2,12,13,14). The number of hydrogen-bond donors (Lipinski definition) is 2. The summed E-state index contributed by atoms with van der Waals surface area (Å²) in [7, 11) is 0. The fraction of sp³-hybridized carbons (Fsp3) is 0.600. The van der Waals surface area contributed by atoms with Crippen LogP contribution < -0.4 is 10.6 Å². The SMILES string of the molecule is Nc1ncnc(N2CCC(CCO)C2)c1Br. The molecule has 0 bridgehead atoms. The Morgan fingerprint density at radius 2 is 2.38 bits per heavy atom. The van der Waals surface area contributed by atoms with Gasteiger partial charge >= 0.3 is 0 Å². The summed E-state index contributed by atoms with van der Waals surface area (Å²) < 4.78 is 0.764. The molecule has 1 fully saturated rings. The summed E-state index contributed by atoms with van der Waals surface area (Å²) in [4.78, 5) is 10.3. The lowest BCUT2D eigenvalue weighted by molar-refractivity contribution is 0.263. The first-order valence-corrected chi connectivity index (χ1v) is 6.13. The zero-order chi connectivity index (χ0) is 11.5. The topological polar surface area (TPSA) is 75.3 Å². The maximum absolute atomic E-state index is 8.91. The van der Waals surface area contributed by atoms with Gasteiger partial charge in [-0.05, 0) is 34.7 Å². The van der Waals surface area contributed by atoms with Crippen LogP contribution in [0.15, 0.2) is 10.8 Å². The lowest BCUT2D eigenvalue weighted by Crippen LogP contribution is -2.22. The molecule has 1 unspecified atom stereocenters. The van der Waals surface area contributed by atoms with Crippen molar-refractivity contribution in [3.63, 3.8) is 0 Å². The van der Waals surface area contributed by atoms with E-state index >= 15 is 0 Å². The van der Waals surface area contributed by atoms with Crippen LogP contribution in [0, 0.1) is 5.92 Å². The molecule has 3 N–H and O–H groups in total. The maximum Gasteiger partial charge on any atom is 0.148 e. The van der Waals surface area contributed by atoms with Gasteiger partial charge in [-0.3, -0.25) is 0 Å². The predicted molar refractivity (Wildman–Crippen MR) is 66.2 cm³/mol. The molecule has 0 amide bonds. The van der Waals surface area contributed by atoms with Crippen molar-refractivity contribution in [2.45, 2.75) is 12.8 Å². The van der Waals surface area contributed by atoms with Gasteiger partial charge in [0.2, 0.25) is 0 Å². The lowest BCUT2D eigenvalue weighted by atomic mass is 10.1. The van der Waals surface area contributed by atoms with Crippen molar-refractivity contribution in [3.05, 3.63) is 10.8 Å². The number of aromatic nitrogens is 2. The van der Waals surface area contributed by atoms with Crippen LogP contribution in [-0.4, -0.2) is 34.8 Å². The fourth-order valence-corrected chi connectivity index (χ4v) is 2.49. The van der Waals surface area contributed by atoms with Crippen molar-refractivity contribution in [2.24, 2.45) is 5.92 Å². The van der Waals surface area contributed by atoms with Crippen molar-refractivity contribution in [1.29, 1.82) is 0 Å². The number of rotatable bonds is 3. The second-order valence-corrected chi connectivity index (χ2v) is 4.80. The minimum absolute atomic E-state index is 0.256. The molecule has 88 valence electrons. The first-order valence-electron chi connectivity index (χ1n) is 5.34. The van der Waals surface area contributed by atoms with Crippen LogP contribution in [0.3, 0.4) is 0 Å². The summed E-state index contributed by atoms with van der Waals surface area (Å²) in [5, 5.41) is 8.91. The highest BCUT2D eigenvalue weighted by Crippen LogP contribution is 2.31. The summed E-state index contributed by atoms with van der Waals surface area (Å²) in [6, 6.07) is 0.